The van der Waals surface area contributed by atoms with E-state index in [0.29, 0.717) is 0 Å². The zero-order valence-electron chi connectivity index (χ0n) is 23.0. The summed E-state index contributed by atoms with van der Waals surface area (Å²) in [6.07, 6.45) is 8.58. The molecule has 0 atom stereocenters. The quantitative estimate of drug-likeness (QED) is 0.217. The van der Waals surface area contributed by atoms with E-state index in [0.717, 1.165) is 44.8 Å². The van der Waals surface area contributed by atoms with Crippen molar-refractivity contribution in [2.45, 2.75) is 79.1 Å². The largest absolute Gasteiger partial charge is 2.00 e. The predicted molar refractivity (Wildman–Crippen MR) is 153 cm³/mol. The number of hydrogen-bond donors (Lipinski definition) is 0. The van der Waals surface area contributed by atoms with Gasteiger partial charge in [0.1, 0.15) is 0 Å². The van der Waals surface area contributed by atoms with Gasteiger partial charge in [-0.3, -0.25) is 0 Å². The SMILES string of the molecule is CC(C)c1c2nc(c(C(C)C)c3ccc([n-]3)c(C(C)C)c3nc(c(C(C)C)c4ccc1[n-]4)C=C3)C=C2.[Ni+2]. The molecule has 0 fully saturated rings. The number of nitrogens with zero attached hydrogens (tertiary/aromatic N) is 4. The summed E-state index contributed by atoms with van der Waals surface area (Å²) in [5, 5.41) is 0. The second-order valence-electron chi connectivity index (χ2n) is 11.1. The summed E-state index contributed by atoms with van der Waals surface area (Å²) in [4.78, 5) is 20.6. The Kier molecular flexibility index (Phi) is 7.67. The number of rotatable bonds is 4. The first-order valence-corrected chi connectivity index (χ1v) is 13.2. The zero-order valence-corrected chi connectivity index (χ0v) is 24.0. The predicted octanol–water partition coefficient (Wildman–Crippen LogP) is 8.40. The van der Waals surface area contributed by atoms with E-state index in [4.69, 9.17) is 19.9 Å². The van der Waals surface area contributed by atoms with Crippen molar-refractivity contribution in [1.29, 1.82) is 0 Å². The molecule has 0 amide bonds. The van der Waals surface area contributed by atoms with Crippen molar-refractivity contribution in [1.82, 2.24) is 19.9 Å². The molecule has 5 heteroatoms. The van der Waals surface area contributed by atoms with E-state index < -0.39 is 0 Å². The van der Waals surface area contributed by atoms with Gasteiger partial charge in [-0.25, -0.2) is 9.97 Å². The summed E-state index contributed by atoms with van der Waals surface area (Å²) in [6.45, 7) is 17.7. The van der Waals surface area contributed by atoms with Gasteiger partial charge in [-0.15, -0.1) is 22.1 Å². The van der Waals surface area contributed by atoms with E-state index in [1.54, 1.807) is 0 Å². The van der Waals surface area contributed by atoms with Crippen molar-refractivity contribution in [3.05, 3.63) is 69.3 Å². The second-order valence-corrected chi connectivity index (χ2v) is 11.1. The molecular formula is C32H36N4Ni. The Labute approximate surface area is 230 Å². The topological polar surface area (TPSA) is 54.0 Å². The minimum Gasteiger partial charge on any atom is -0.657 e. The molecule has 3 aromatic rings. The van der Waals surface area contributed by atoms with Crippen LogP contribution < -0.4 is 9.97 Å². The maximum Gasteiger partial charge on any atom is 2.00 e. The fourth-order valence-corrected chi connectivity index (χ4v) is 5.54. The first kappa shape index (κ1) is 27.1. The first-order valence-electron chi connectivity index (χ1n) is 13.2. The van der Waals surface area contributed by atoms with Crippen LogP contribution in [-0.2, 0) is 16.5 Å². The summed E-state index contributed by atoms with van der Waals surface area (Å²) in [5.74, 6) is 1.15. The maximum atomic E-state index is 5.15. The fraction of sp³-hybridized carbons (Fsp3) is 0.375. The molecule has 0 saturated heterocycles. The Balaban J connectivity index is 0.00000320. The van der Waals surface area contributed by atoms with Crippen molar-refractivity contribution in [3.63, 3.8) is 0 Å². The van der Waals surface area contributed by atoms with Gasteiger partial charge in [0, 0.05) is 0 Å². The zero-order chi connectivity index (χ0) is 25.7. The van der Waals surface area contributed by atoms with Crippen LogP contribution in [0.25, 0.3) is 46.4 Å². The third-order valence-corrected chi connectivity index (χ3v) is 7.08. The van der Waals surface area contributed by atoms with Crippen molar-refractivity contribution < 1.29 is 16.5 Å². The number of fused-ring (bicyclic) bond motifs is 8. The average Bonchev–Trinajstić information content (AvgIpc) is 3.57. The van der Waals surface area contributed by atoms with E-state index in [2.05, 4.69) is 104 Å². The third-order valence-electron chi connectivity index (χ3n) is 7.08. The van der Waals surface area contributed by atoms with E-state index in [-0.39, 0.29) is 40.2 Å². The monoisotopic (exact) mass is 534 g/mol. The van der Waals surface area contributed by atoms with E-state index >= 15 is 0 Å². The molecule has 0 saturated carbocycles. The van der Waals surface area contributed by atoms with Crippen LogP contribution in [0, 0.1) is 0 Å². The number of aromatic nitrogens is 4. The second kappa shape index (κ2) is 10.5. The molecule has 37 heavy (non-hydrogen) atoms. The van der Waals surface area contributed by atoms with Crippen LogP contribution in [0.1, 0.15) is 124 Å². The average molecular weight is 535 g/mol. The van der Waals surface area contributed by atoms with Crippen molar-refractivity contribution in [2.24, 2.45) is 0 Å². The fourth-order valence-electron chi connectivity index (χ4n) is 5.54. The Bertz CT molecular complexity index is 1320. The summed E-state index contributed by atoms with van der Waals surface area (Å²) in [7, 11) is 0. The Morgan fingerprint density at radius 3 is 0.838 bits per heavy atom. The molecule has 0 unspecified atom stereocenters. The normalized spacial score (nSPS) is 12.9. The third kappa shape index (κ3) is 4.87. The van der Waals surface area contributed by atoms with Crippen molar-refractivity contribution >= 4 is 46.4 Å². The molecule has 0 spiro atoms. The summed E-state index contributed by atoms with van der Waals surface area (Å²) in [6, 6.07) is 8.58. The smallest absolute Gasteiger partial charge is 0.657 e. The van der Waals surface area contributed by atoms with E-state index in [1.165, 1.54) is 22.3 Å². The van der Waals surface area contributed by atoms with Crippen molar-refractivity contribution in [3.8, 4) is 0 Å². The minimum absolute atomic E-state index is 0. The van der Waals surface area contributed by atoms with Crippen LogP contribution in [0.5, 0.6) is 0 Å². The van der Waals surface area contributed by atoms with Gasteiger partial charge >= 0.3 is 16.5 Å². The molecular weight excluding hydrogens is 499 g/mol. The van der Waals surface area contributed by atoms with Crippen LogP contribution >= 0.6 is 0 Å². The first-order chi connectivity index (χ1) is 17.2. The van der Waals surface area contributed by atoms with Crippen LogP contribution in [-0.4, -0.2) is 9.97 Å². The Morgan fingerprint density at radius 1 is 0.432 bits per heavy atom. The molecule has 5 rings (SSSR count). The Hall–Kier alpha value is -2.91. The van der Waals surface area contributed by atoms with Gasteiger partial charge in [-0.1, -0.05) is 79.7 Å². The molecule has 4 nitrogen and oxygen atoms in total. The molecule has 194 valence electrons. The molecule has 0 aromatic carbocycles. The minimum atomic E-state index is 0. The molecule has 8 bridgehead atoms. The summed E-state index contributed by atoms with van der Waals surface area (Å²) >= 11 is 0. The van der Waals surface area contributed by atoms with E-state index in [9.17, 15) is 0 Å². The molecule has 0 radical (unpaired) electrons. The van der Waals surface area contributed by atoms with Gasteiger partial charge in [0.15, 0.2) is 0 Å². The Morgan fingerprint density at radius 2 is 0.649 bits per heavy atom. The van der Waals surface area contributed by atoms with Crippen LogP contribution in [0.15, 0.2) is 24.3 Å². The van der Waals surface area contributed by atoms with Crippen LogP contribution in [0.3, 0.4) is 0 Å². The van der Waals surface area contributed by atoms with Gasteiger partial charge in [-0.05, 0) is 70.2 Å². The van der Waals surface area contributed by atoms with Gasteiger partial charge in [-0.2, -0.15) is 0 Å². The molecule has 3 aromatic heterocycles. The molecule has 0 aliphatic carbocycles. The van der Waals surface area contributed by atoms with Crippen LogP contribution in [0.4, 0.5) is 0 Å². The molecule has 2 aliphatic heterocycles. The van der Waals surface area contributed by atoms with Gasteiger partial charge < -0.3 is 9.97 Å². The summed E-state index contributed by atoms with van der Waals surface area (Å²) in [5.41, 5.74) is 12.7. The van der Waals surface area contributed by atoms with Gasteiger partial charge in [0.05, 0.1) is 22.8 Å². The van der Waals surface area contributed by atoms with Crippen molar-refractivity contribution in [2.75, 3.05) is 0 Å². The summed E-state index contributed by atoms with van der Waals surface area (Å²) < 4.78 is 0. The molecule has 2 aliphatic rings. The van der Waals surface area contributed by atoms with Crippen LogP contribution in [0.2, 0.25) is 0 Å². The maximum absolute atomic E-state index is 5.15. The number of hydrogen-bond acceptors (Lipinski definition) is 2. The standard InChI is InChI=1S/C32H36N4.Ni/c1-17(2)29-21-9-11-23(33-21)30(18(3)4)25-13-15-27(35-25)32(20(7)8)28-16-14-26(36-28)31(19(5)6)24-12-10-22(29)34-24;/h9-20H,1-8H3;/q-2;+2. The van der Waals surface area contributed by atoms with Gasteiger partial charge in [0.25, 0.3) is 0 Å². The molecule has 0 N–H and O–H groups in total. The molecule has 5 heterocycles. The van der Waals surface area contributed by atoms with Gasteiger partial charge in [0.2, 0.25) is 0 Å². The van der Waals surface area contributed by atoms with E-state index in [1.807, 2.05) is 0 Å².